The van der Waals surface area contributed by atoms with Gasteiger partial charge >= 0.3 is 5.97 Å². The van der Waals surface area contributed by atoms with Gasteiger partial charge in [-0.25, -0.2) is 9.78 Å². The lowest BCUT2D eigenvalue weighted by atomic mass is 10.3. The number of carbonyl (C=O) groups is 2. The van der Waals surface area contributed by atoms with Crippen molar-refractivity contribution in [3.63, 3.8) is 0 Å². The van der Waals surface area contributed by atoms with Gasteiger partial charge in [-0.3, -0.25) is 9.48 Å². The van der Waals surface area contributed by atoms with E-state index < -0.39 is 11.9 Å². The van der Waals surface area contributed by atoms with E-state index in [1.165, 1.54) is 6.33 Å². The third-order valence-electron chi connectivity index (χ3n) is 2.50. The molecular weight excluding hydrogens is 250 g/mol. The summed E-state index contributed by atoms with van der Waals surface area (Å²) in [6, 6.07) is 1.85. The maximum absolute atomic E-state index is 11.7. The summed E-state index contributed by atoms with van der Waals surface area (Å²) < 4.78 is 1.67. The van der Waals surface area contributed by atoms with Crippen LogP contribution in [0.2, 0.25) is 0 Å². The van der Waals surface area contributed by atoms with Crippen LogP contribution in [0.25, 0.3) is 0 Å². The van der Waals surface area contributed by atoms with Crippen LogP contribution in [0.15, 0.2) is 18.6 Å². The van der Waals surface area contributed by atoms with Crippen molar-refractivity contribution in [2.24, 2.45) is 7.05 Å². The number of nitrogens with one attached hydrogen (secondary N) is 2. The molecule has 2 heterocycles. The predicted molar refractivity (Wildman–Crippen MR) is 64.8 cm³/mol. The average molecular weight is 263 g/mol. The summed E-state index contributed by atoms with van der Waals surface area (Å²) in [5.74, 6) is -1.73. The van der Waals surface area contributed by atoms with Crippen LogP contribution >= 0.6 is 0 Å². The molecule has 0 atom stereocenters. The number of carbonyl (C=O) groups excluding carboxylic acids is 1. The van der Waals surface area contributed by atoms with Crippen molar-refractivity contribution >= 4 is 11.9 Å². The Bertz CT molecular complexity index is 601. The van der Waals surface area contributed by atoms with Crippen LogP contribution in [0.1, 0.15) is 26.7 Å². The Hall–Kier alpha value is -2.64. The fourth-order valence-corrected chi connectivity index (χ4v) is 1.61. The van der Waals surface area contributed by atoms with E-state index in [0.717, 1.165) is 5.69 Å². The summed E-state index contributed by atoms with van der Waals surface area (Å²) in [6.45, 7) is 0.363. The monoisotopic (exact) mass is 263 g/mol. The number of hydrogen-bond acceptors (Lipinski definition) is 4. The molecule has 19 heavy (non-hydrogen) atoms. The topological polar surface area (TPSA) is 113 Å². The number of amides is 1. The number of nitrogens with zero attached hydrogens (tertiary/aromatic N) is 3. The first kappa shape index (κ1) is 12.8. The molecule has 0 saturated carbocycles. The summed E-state index contributed by atoms with van der Waals surface area (Å²) in [6.07, 6.45) is 3.56. The Morgan fingerprint density at radius 2 is 2.32 bits per heavy atom. The number of aromatic carboxylic acids is 1. The van der Waals surface area contributed by atoms with Gasteiger partial charge < -0.3 is 15.4 Å². The predicted octanol–water partition coefficient (Wildman–Crippen LogP) is -0.186. The molecule has 2 aromatic heterocycles. The van der Waals surface area contributed by atoms with E-state index in [4.69, 9.17) is 5.11 Å². The van der Waals surface area contributed by atoms with Crippen molar-refractivity contribution in [3.05, 3.63) is 35.7 Å². The number of H-pyrrole nitrogens is 1. The normalized spacial score (nSPS) is 10.4. The fraction of sp³-hybridized carbons (Fsp3) is 0.273. The van der Waals surface area contributed by atoms with Gasteiger partial charge in [-0.2, -0.15) is 5.10 Å². The summed E-state index contributed by atoms with van der Waals surface area (Å²) in [4.78, 5) is 28.7. The molecule has 0 spiro atoms. The molecule has 0 aromatic carbocycles. The molecule has 0 radical (unpaired) electrons. The van der Waals surface area contributed by atoms with E-state index in [1.54, 1.807) is 4.68 Å². The van der Waals surface area contributed by atoms with Crippen LogP contribution in [-0.4, -0.2) is 43.3 Å². The van der Waals surface area contributed by atoms with E-state index in [0.29, 0.717) is 13.0 Å². The van der Waals surface area contributed by atoms with Gasteiger partial charge in [-0.1, -0.05) is 0 Å². The van der Waals surface area contributed by atoms with Crippen molar-refractivity contribution in [3.8, 4) is 0 Å². The number of rotatable bonds is 5. The molecule has 0 aliphatic carbocycles. The largest absolute Gasteiger partial charge is 0.477 e. The van der Waals surface area contributed by atoms with Crippen molar-refractivity contribution in [2.45, 2.75) is 6.42 Å². The van der Waals surface area contributed by atoms with Gasteiger partial charge in [0.25, 0.3) is 5.91 Å². The molecular formula is C11H13N5O3. The summed E-state index contributed by atoms with van der Waals surface area (Å²) in [7, 11) is 1.81. The highest BCUT2D eigenvalue weighted by Gasteiger charge is 2.19. The number of aryl methyl sites for hydroxylation is 1. The minimum Gasteiger partial charge on any atom is -0.477 e. The Balaban J connectivity index is 1.91. The van der Waals surface area contributed by atoms with E-state index in [-0.39, 0.29) is 11.4 Å². The first-order valence-electron chi connectivity index (χ1n) is 5.61. The van der Waals surface area contributed by atoms with Gasteiger partial charge in [0.05, 0.1) is 12.0 Å². The number of carboxylic acids is 1. The van der Waals surface area contributed by atoms with E-state index in [1.807, 2.05) is 19.3 Å². The number of hydrogen-bond donors (Lipinski definition) is 3. The molecule has 3 N–H and O–H groups in total. The Labute approximate surface area is 108 Å². The zero-order chi connectivity index (χ0) is 13.8. The summed E-state index contributed by atoms with van der Waals surface area (Å²) in [5, 5.41) is 15.6. The number of carboxylic acid groups (broad SMARTS) is 1. The van der Waals surface area contributed by atoms with Crippen LogP contribution in [-0.2, 0) is 13.5 Å². The summed E-state index contributed by atoms with van der Waals surface area (Å²) >= 11 is 0. The van der Waals surface area contributed by atoms with Gasteiger partial charge in [0.15, 0.2) is 11.4 Å². The van der Waals surface area contributed by atoms with Gasteiger partial charge in [-0.05, 0) is 6.07 Å². The van der Waals surface area contributed by atoms with E-state index >= 15 is 0 Å². The van der Waals surface area contributed by atoms with Crippen LogP contribution < -0.4 is 5.32 Å². The van der Waals surface area contributed by atoms with Crippen molar-refractivity contribution in [2.75, 3.05) is 6.54 Å². The maximum atomic E-state index is 11.7. The van der Waals surface area contributed by atoms with Crippen LogP contribution in [0.5, 0.6) is 0 Å². The molecule has 2 aromatic rings. The zero-order valence-corrected chi connectivity index (χ0v) is 10.3. The second-order valence-corrected chi connectivity index (χ2v) is 3.92. The first-order valence-corrected chi connectivity index (χ1v) is 5.61. The van der Waals surface area contributed by atoms with Gasteiger partial charge in [-0.15, -0.1) is 0 Å². The molecule has 0 fully saturated rings. The highest BCUT2D eigenvalue weighted by atomic mass is 16.4. The molecule has 2 rings (SSSR count). The Morgan fingerprint density at radius 3 is 2.95 bits per heavy atom. The molecule has 0 unspecified atom stereocenters. The van der Waals surface area contributed by atoms with E-state index in [9.17, 15) is 9.59 Å². The molecule has 0 bridgehead atoms. The maximum Gasteiger partial charge on any atom is 0.354 e. The SMILES string of the molecule is Cn1ccc(CCNC(=O)c2nc[nH]c2C(=O)O)n1. The fourth-order valence-electron chi connectivity index (χ4n) is 1.61. The average Bonchev–Trinajstić information content (AvgIpc) is 2.97. The lowest BCUT2D eigenvalue weighted by molar-refractivity contribution is 0.0685. The van der Waals surface area contributed by atoms with Crippen molar-refractivity contribution in [1.29, 1.82) is 0 Å². The van der Waals surface area contributed by atoms with Gasteiger partial charge in [0.1, 0.15) is 0 Å². The molecule has 8 heteroatoms. The third kappa shape index (κ3) is 2.97. The lowest BCUT2D eigenvalue weighted by Gasteiger charge is -2.02. The number of aromatic amines is 1. The standard InChI is InChI=1S/C11H13N5O3/c1-16-5-3-7(15-16)2-4-12-10(17)8-9(11(18)19)14-6-13-8/h3,5-6H,2,4H2,1H3,(H,12,17)(H,13,14)(H,18,19). The van der Waals surface area contributed by atoms with Crippen molar-refractivity contribution < 1.29 is 14.7 Å². The second-order valence-electron chi connectivity index (χ2n) is 3.92. The Kier molecular flexibility index (Phi) is 3.60. The molecule has 8 nitrogen and oxygen atoms in total. The molecule has 100 valence electrons. The van der Waals surface area contributed by atoms with Gasteiger partial charge in [0, 0.05) is 26.2 Å². The molecule has 0 saturated heterocycles. The number of aromatic nitrogens is 4. The number of imidazole rings is 1. The van der Waals surface area contributed by atoms with Crippen LogP contribution in [0.3, 0.4) is 0 Å². The molecule has 0 aliphatic rings. The smallest absolute Gasteiger partial charge is 0.354 e. The quantitative estimate of drug-likeness (QED) is 0.692. The van der Waals surface area contributed by atoms with Crippen LogP contribution in [0.4, 0.5) is 0 Å². The lowest BCUT2D eigenvalue weighted by Crippen LogP contribution is -2.27. The summed E-state index contributed by atoms with van der Waals surface area (Å²) in [5.41, 5.74) is 0.521. The molecule has 0 aliphatic heterocycles. The first-order chi connectivity index (χ1) is 9.08. The van der Waals surface area contributed by atoms with Crippen LogP contribution in [0, 0.1) is 0 Å². The second kappa shape index (κ2) is 5.34. The highest BCUT2D eigenvalue weighted by molar-refractivity contribution is 6.02. The van der Waals surface area contributed by atoms with E-state index in [2.05, 4.69) is 20.4 Å². The Morgan fingerprint density at radius 1 is 1.53 bits per heavy atom. The van der Waals surface area contributed by atoms with Crippen molar-refractivity contribution in [1.82, 2.24) is 25.1 Å². The zero-order valence-electron chi connectivity index (χ0n) is 10.3. The minimum atomic E-state index is -1.22. The van der Waals surface area contributed by atoms with Gasteiger partial charge in [0.2, 0.25) is 0 Å². The highest BCUT2D eigenvalue weighted by Crippen LogP contribution is 2.02. The third-order valence-corrected chi connectivity index (χ3v) is 2.50. The minimum absolute atomic E-state index is 0.117. The molecule has 1 amide bonds.